The number of anilines is 1. The summed E-state index contributed by atoms with van der Waals surface area (Å²) < 4.78 is 5.71. The van der Waals surface area contributed by atoms with E-state index in [0.717, 1.165) is 17.9 Å². The highest BCUT2D eigenvalue weighted by Gasteiger charge is 2.08. The minimum Gasteiger partial charge on any atom is -0.491 e. The molecule has 1 rings (SSSR count). The van der Waals surface area contributed by atoms with Crippen LogP contribution in [-0.2, 0) is 4.79 Å². The van der Waals surface area contributed by atoms with Crippen LogP contribution in [0.25, 0.3) is 0 Å². The van der Waals surface area contributed by atoms with E-state index in [-0.39, 0.29) is 12.0 Å². The average molecular weight is 302 g/mol. The number of hydrogen-bond donors (Lipinski definition) is 1. The van der Waals surface area contributed by atoms with E-state index in [9.17, 15) is 4.79 Å². The standard InChI is InChI=1S/C18H26N2O2/c1-5-12-20(13-6-2)14-18(21)19-16-8-10-17(11-9-16)22-15(4)7-3/h5-6,8-11,15H,1-2,7,12-14H2,3-4H3,(H,19,21). The first-order valence-electron chi connectivity index (χ1n) is 7.59. The summed E-state index contributed by atoms with van der Waals surface area (Å²) in [4.78, 5) is 14.0. The third-order valence-corrected chi connectivity index (χ3v) is 3.19. The van der Waals surface area contributed by atoms with Crippen molar-refractivity contribution < 1.29 is 9.53 Å². The first kappa shape index (κ1) is 18.0. The molecule has 1 amide bonds. The van der Waals surface area contributed by atoms with Gasteiger partial charge in [0.1, 0.15) is 5.75 Å². The quantitative estimate of drug-likeness (QED) is 0.673. The van der Waals surface area contributed by atoms with Gasteiger partial charge in [-0.1, -0.05) is 19.1 Å². The van der Waals surface area contributed by atoms with Gasteiger partial charge in [0.25, 0.3) is 0 Å². The van der Waals surface area contributed by atoms with E-state index in [2.05, 4.69) is 25.4 Å². The Morgan fingerprint density at radius 3 is 2.36 bits per heavy atom. The third-order valence-electron chi connectivity index (χ3n) is 3.19. The minimum absolute atomic E-state index is 0.0562. The lowest BCUT2D eigenvalue weighted by atomic mass is 10.2. The fourth-order valence-corrected chi connectivity index (χ4v) is 1.90. The molecule has 0 radical (unpaired) electrons. The molecule has 4 heteroatoms. The van der Waals surface area contributed by atoms with Crippen molar-refractivity contribution >= 4 is 11.6 Å². The molecule has 1 atom stereocenters. The maximum Gasteiger partial charge on any atom is 0.238 e. The smallest absolute Gasteiger partial charge is 0.238 e. The van der Waals surface area contributed by atoms with E-state index in [1.165, 1.54) is 0 Å². The Balaban J connectivity index is 2.53. The Morgan fingerprint density at radius 2 is 1.86 bits per heavy atom. The Kier molecular flexibility index (Phi) is 8.00. The average Bonchev–Trinajstić information content (AvgIpc) is 2.49. The van der Waals surface area contributed by atoms with Crippen LogP contribution in [0.2, 0.25) is 0 Å². The highest BCUT2D eigenvalue weighted by Crippen LogP contribution is 2.17. The molecule has 0 saturated carbocycles. The zero-order valence-electron chi connectivity index (χ0n) is 13.5. The van der Waals surface area contributed by atoms with Crippen molar-refractivity contribution in [3.8, 4) is 5.75 Å². The molecule has 4 nitrogen and oxygen atoms in total. The monoisotopic (exact) mass is 302 g/mol. The zero-order chi connectivity index (χ0) is 16.4. The molecule has 1 aromatic carbocycles. The van der Waals surface area contributed by atoms with Gasteiger partial charge in [-0.15, -0.1) is 13.2 Å². The summed E-state index contributed by atoms with van der Waals surface area (Å²) in [7, 11) is 0. The lowest BCUT2D eigenvalue weighted by molar-refractivity contribution is -0.117. The highest BCUT2D eigenvalue weighted by atomic mass is 16.5. The van der Waals surface area contributed by atoms with Crippen LogP contribution in [0.15, 0.2) is 49.6 Å². The zero-order valence-corrected chi connectivity index (χ0v) is 13.5. The number of carbonyl (C=O) groups excluding carboxylic acids is 1. The first-order chi connectivity index (χ1) is 10.6. The Labute approximate surface area is 133 Å². The second kappa shape index (κ2) is 9.79. The van der Waals surface area contributed by atoms with Crippen LogP contribution in [0.5, 0.6) is 5.75 Å². The fourth-order valence-electron chi connectivity index (χ4n) is 1.90. The molecule has 1 unspecified atom stereocenters. The molecular weight excluding hydrogens is 276 g/mol. The molecule has 0 aromatic heterocycles. The topological polar surface area (TPSA) is 41.6 Å². The Morgan fingerprint density at radius 1 is 1.27 bits per heavy atom. The largest absolute Gasteiger partial charge is 0.491 e. The molecule has 0 heterocycles. The first-order valence-corrected chi connectivity index (χ1v) is 7.59. The van der Waals surface area contributed by atoms with E-state index >= 15 is 0 Å². The van der Waals surface area contributed by atoms with Crippen LogP contribution in [0.4, 0.5) is 5.69 Å². The van der Waals surface area contributed by atoms with Gasteiger partial charge in [0, 0.05) is 18.8 Å². The summed E-state index contributed by atoms with van der Waals surface area (Å²) in [6.07, 6.45) is 4.70. The molecule has 0 spiro atoms. The van der Waals surface area contributed by atoms with Gasteiger partial charge in [0.05, 0.1) is 12.6 Å². The summed E-state index contributed by atoms with van der Waals surface area (Å²) in [6.45, 7) is 13.1. The van der Waals surface area contributed by atoms with Crippen molar-refractivity contribution in [3.05, 3.63) is 49.6 Å². The lowest BCUT2D eigenvalue weighted by Crippen LogP contribution is -2.33. The van der Waals surface area contributed by atoms with Gasteiger partial charge in [-0.25, -0.2) is 0 Å². The third kappa shape index (κ3) is 6.59. The van der Waals surface area contributed by atoms with Gasteiger partial charge in [-0.05, 0) is 37.6 Å². The summed E-state index contributed by atoms with van der Waals surface area (Å²) in [5, 5.41) is 2.88. The van der Waals surface area contributed by atoms with Crippen LogP contribution >= 0.6 is 0 Å². The molecule has 0 saturated heterocycles. The van der Waals surface area contributed by atoms with Crippen LogP contribution < -0.4 is 10.1 Å². The molecule has 22 heavy (non-hydrogen) atoms. The number of nitrogens with zero attached hydrogens (tertiary/aromatic N) is 1. The van der Waals surface area contributed by atoms with Crippen molar-refractivity contribution in [3.63, 3.8) is 0 Å². The highest BCUT2D eigenvalue weighted by molar-refractivity contribution is 5.92. The SMILES string of the molecule is C=CCN(CC=C)CC(=O)Nc1ccc(OC(C)CC)cc1. The minimum atomic E-state index is -0.0562. The number of hydrogen-bond acceptors (Lipinski definition) is 3. The van der Waals surface area contributed by atoms with E-state index in [0.29, 0.717) is 19.6 Å². The predicted octanol–water partition coefficient (Wildman–Crippen LogP) is 3.48. The summed E-state index contributed by atoms with van der Waals surface area (Å²) in [6, 6.07) is 7.43. The van der Waals surface area contributed by atoms with E-state index in [1.807, 2.05) is 36.1 Å². The van der Waals surface area contributed by atoms with Crippen LogP contribution in [0, 0.1) is 0 Å². The van der Waals surface area contributed by atoms with Gasteiger partial charge in [-0.3, -0.25) is 9.69 Å². The molecular formula is C18H26N2O2. The number of ether oxygens (including phenoxy) is 1. The van der Waals surface area contributed by atoms with Gasteiger partial charge in [-0.2, -0.15) is 0 Å². The molecule has 120 valence electrons. The molecule has 0 aliphatic carbocycles. The second-order valence-corrected chi connectivity index (χ2v) is 5.18. The number of benzene rings is 1. The lowest BCUT2D eigenvalue weighted by Gasteiger charge is -2.18. The molecule has 0 aliphatic rings. The van der Waals surface area contributed by atoms with E-state index in [1.54, 1.807) is 12.2 Å². The second-order valence-electron chi connectivity index (χ2n) is 5.18. The van der Waals surface area contributed by atoms with Gasteiger partial charge in [0.15, 0.2) is 0 Å². The van der Waals surface area contributed by atoms with Crippen LogP contribution in [0.3, 0.4) is 0 Å². The van der Waals surface area contributed by atoms with Crippen molar-refractivity contribution in [1.82, 2.24) is 4.90 Å². The summed E-state index contributed by atoms with van der Waals surface area (Å²) in [5.74, 6) is 0.756. The van der Waals surface area contributed by atoms with Gasteiger partial charge >= 0.3 is 0 Å². The molecule has 0 bridgehead atoms. The Bertz CT molecular complexity index is 472. The van der Waals surface area contributed by atoms with Crippen LogP contribution in [0.1, 0.15) is 20.3 Å². The van der Waals surface area contributed by atoms with Crippen molar-refractivity contribution in [2.45, 2.75) is 26.4 Å². The normalized spacial score (nSPS) is 11.8. The van der Waals surface area contributed by atoms with E-state index in [4.69, 9.17) is 4.74 Å². The summed E-state index contributed by atoms with van der Waals surface area (Å²) >= 11 is 0. The van der Waals surface area contributed by atoms with Crippen molar-refractivity contribution in [1.29, 1.82) is 0 Å². The molecule has 1 aromatic rings. The van der Waals surface area contributed by atoms with Crippen molar-refractivity contribution in [2.75, 3.05) is 25.0 Å². The maximum atomic E-state index is 12.0. The number of carbonyl (C=O) groups is 1. The van der Waals surface area contributed by atoms with Gasteiger partial charge < -0.3 is 10.1 Å². The predicted molar refractivity (Wildman–Crippen MR) is 92.3 cm³/mol. The molecule has 0 aliphatic heterocycles. The number of rotatable bonds is 10. The van der Waals surface area contributed by atoms with Gasteiger partial charge in [0.2, 0.25) is 5.91 Å². The van der Waals surface area contributed by atoms with Crippen LogP contribution in [-0.4, -0.2) is 36.5 Å². The molecule has 1 N–H and O–H groups in total. The number of amides is 1. The number of nitrogens with one attached hydrogen (secondary N) is 1. The molecule has 0 fully saturated rings. The van der Waals surface area contributed by atoms with Crippen molar-refractivity contribution in [2.24, 2.45) is 0 Å². The fraction of sp³-hybridized carbons (Fsp3) is 0.389. The summed E-state index contributed by atoms with van der Waals surface area (Å²) in [5.41, 5.74) is 0.763. The van der Waals surface area contributed by atoms with E-state index < -0.39 is 0 Å². The Hall–Kier alpha value is -2.07. The maximum absolute atomic E-state index is 12.0.